The van der Waals surface area contributed by atoms with Crippen LogP contribution < -0.4 is 0 Å². The van der Waals surface area contributed by atoms with Gasteiger partial charge in [-0.3, -0.25) is 9.59 Å². The number of ketones is 1. The Labute approximate surface area is 143 Å². The molecule has 1 aliphatic carbocycles. The van der Waals surface area contributed by atoms with Gasteiger partial charge < -0.3 is 4.74 Å². The Bertz CT molecular complexity index is 622. The molecule has 3 unspecified atom stereocenters. The number of Topliss-reactive ketones (excluding diaryl/α,β-unsaturated/α-hetero) is 1. The highest BCUT2D eigenvalue weighted by atomic mass is 79.9. The maximum atomic E-state index is 12.9. The number of methoxy groups -OCH3 is 1. The van der Waals surface area contributed by atoms with E-state index in [0.29, 0.717) is 18.4 Å². The summed E-state index contributed by atoms with van der Waals surface area (Å²) in [5.41, 5.74) is 0.621. The Morgan fingerprint density at radius 1 is 1.22 bits per heavy atom. The van der Waals surface area contributed by atoms with Crippen LogP contribution in [0, 0.1) is 11.8 Å². The van der Waals surface area contributed by atoms with E-state index >= 15 is 0 Å². The number of benzene rings is 1. The molecule has 0 radical (unpaired) electrons. The number of carbonyl (C=O) groups excluding carboxylic acids is 3. The smallest absolute Gasteiger partial charge is 0.309 e. The van der Waals surface area contributed by atoms with Crippen molar-refractivity contribution < 1.29 is 19.1 Å². The number of halogens is 1. The van der Waals surface area contributed by atoms with Crippen molar-refractivity contribution in [1.82, 2.24) is 0 Å². The van der Waals surface area contributed by atoms with Crippen LogP contribution in [-0.4, -0.2) is 24.9 Å². The molecule has 3 atom stereocenters. The average molecular weight is 380 g/mol. The summed E-state index contributed by atoms with van der Waals surface area (Å²) in [7, 11) is 1.33. The molecule has 6 heteroatoms. The number of nitrogens with zero attached hydrogens (tertiary/aromatic N) is 1. The molecule has 0 bridgehead atoms. The molecule has 1 aromatic rings. The number of esters is 1. The maximum absolute atomic E-state index is 12.9. The second kappa shape index (κ2) is 8.18. The van der Waals surface area contributed by atoms with Gasteiger partial charge in [-0.1, -0.05) is 40.9 Å². The van der Waals surface area contributed by atoms with Crippen molar-refractivity contribution in [2.45, 2.75) is 31.7 Å². The molecule has 23 heavy (non-hydrogen) atoms. The number of aliphatic imine (C=N–C) groups is 1. The Morgan fingerprint density at radius 3 is 2.39 bits per heavy atom. The van der Waals surface area contributed by atoms with Crippen LogP contribution in [0.15, 0.2) is 33.7 Å². The Morgan fingerprint density at radius 2 is 1.83 bits per heavy atom. The lowest BCUT2D eigenvalue weighted by Gasteiger charge is -2.29. The molecule has 0 saturated heterocycles. The summed E-state index contributed by atoms with van der Waals surface area (Å²) in [5.74, 6) is -1.51. The summed E-state index contributed by atoms with van der Waals surface area (Å²) in [6.07, 6.45) is 4.49. The van der Waals surface area contributed by atoms with Crippen molar-refractivity contribution in [2.24, 2.45) is 16.8 Å². The summed E-state index contributed by atoms with van der Waals surface area (Å²) in [5, 5.41) is 0. The van der Waals surface area contributed by atoms with Gasteiger partial charge in [0.15, 0.2) is 5.78 Å². The number of hydrogen-bond acceptors (Lipinski definition) is 5. The van der Waals surface area contributed by atoms with E-state index in [2.05, 4.69) is 20.9 Å². The van der Waals surface area contributed by atoms with Crippen LogP contribution in [0.2, 0.25) is 0 Å². The molecule has 0 amide bonds. The van der Waals surface area contributed by atoms with Gasteiger partial charge in [-0.15, -0.1) is 0 Å². The van der Waals surface area contributed by atoms with Crippen LogP contribution in [0.4, 0.5) is 0 Å². The zero-order valence-electron chi connectivity index (χ0n) is 12.8. The molecule has 1 aliphatic rings. The minimum Gasteiger partial charge on any atom is -0.469 e. The number of hydrogen-bond donors (Lipinski definition) is 0. The van der Waals surface area contributed by atoms with E-state index in [-0.39, 0.29) is 11.8 Å². The van der Waals surface area contributed by atoms with Crippen molar-refractivity contribution in [3.8, 4) is 0 Å². The molecular formula is C17H18BrNO4. The molecule has 0 aliphatic heterocycles. The fourth-order valence-corrected chi connectivity index (χ4v) is 3.37. The van der Waals surface area contributed by atoms with Crippen molar-refractivity contribution in [3.63, 3.8) is 0 Å². The number of rotatable bonds is 5. The van der Waals surface area contributed by atoms with Crippen LogP contribution in [-0.2, 0) is 19.1 Å². The van der Waals surface area contributed by atoms with Crippen LogP contribution in [0.5, 0.6) is 0 Å². The second-order valence-electron chi connectivity index (χ2n) is 5.60. The summed E-state index contributed by atoms with van der Waals surface area (Å²) < 4.78 is 5.69. The molecule has 1 saturated carbocycles. The van der Waals surface area contributed by atoms with Crippen molar-refractivity contribution in [1.29, 1.82) is 0 Å². The summed E-state index contributed by atoms with van der Waals surface area (Å²) >= 11 is 3.33. The minimum absolute atomic E-state index is 0.217. The summed E-state index contributed by atoms with van der Waals surface area (Å²) in [4.78, 5) is 39.3. The quantitative estimate of drug-likeness (QED) is 0.446. The van der Waals surface area contributed by atoms with E-state index < -0.39 is 17.9 Å². The molecule has 2 rings (SSSR count). The topological polar surface area (TPSA) is 72.8 Å². The third kappa shape index (κ3) is 4.15. The molecule has 1 aromatic carbocycles. The number of isocyanates is 1. The zero-order valence-corrected chi connectivity index (χ0v) is 14.4. The highest BCUT2D eigenvalue weighted by Crippen LogP contribution is 2.36. The molecular weight excluding hydrogens is 362 g/mol. The van der Waals surface area contributed by atoms with Gasteiger partial charge in [0.2, 0.25) is 6.08 Å². The van der Waals surface area contributed by atoms with Crippen LogP contribution in [0.25, 0.3) is 0 Å². The van der Waals surface area contributed by atoms with E-state index in [9.17, 15) is 14.4 Å². The second-order valence-corrected chi connectivity index (χ2v) is 6.51. The molecule has 0 spiro atoms. The lowest BCUT2D eigenvalue weighted by molar-refractivity contribution is -0.151. The van der Waals surface area contributed by atoms with Crippen LogP contribution in [0.3, 0.4) is 0 Å². The summed E-state index contributed by atoms with van der Waals surface area (Å²) in [6, 6.07) is 6.13. The normalized spacial score (nSPS) is 21.8. The van der Waals surface area contributed by atoms with E-state index in [1.54, 1.807) is 24.3 Å². The van der Waals surface area contributed by atoms with E-state index in [1.807, 2.05) is 0 Å². The fraction of sp³-hybridized carbons (Fsp3) is 0.471. The van der Waals surface area contributed by atoms with Crippen LogP contribution >= 0.6 is 15.9 Å². The predicted octanol–water partition coefficient (Wildman–Crippen LogP) is 3.37. The molecule has 122 valence electrons. The van der Waals surface area contributed by atoms with Crippen LogP contribution in [0.1, 0.15) is 37.3 Å². The minimum atomic E-state index is -0.921. The monoisotopic (exact) mass is 379 g/mol. The highest BCUT2D eigenvalue weighted by Gasteiger charge is 2.39. The average Bonchev–Trinajstić information content (AvgIpc) is 2.59. The lowest BCUT2D eigenvalue weighted by atomic mass is 9.74. The van der Waals surface area contributed by atoms with Crippen molar-refractivity contribution in [2.75, 3.05) is 7.11 Å². The SMILES string of the molecule is COC(=O)C1CCCCC1C(=O)C(N=C=O)c1ccc(Br)cc1. The third-order valence-corrected chi connectivity index (χ3v) is 4.80. The number of carbonyl (C=O) groups is 2. The van der Waals surface area contributed by atoms with E-state index in [1.165, 1.54) is 13.2 Å². The fourth-order valence-electron chi connectivity index (χ4n) is 3.11. The molecule has 0 heterocycles. The zero-order chi connectivity index (χ0) is 16.8. The first-order chi connectivity index (χ1) is 11.1. The molecule has 0 N–H and O–H groups in total. The highest BCUT2D eigenvalue weighted by molar-refractivity contribution is 9.10. The maximum Gasteiger partial charge on any atom is 0.309 e. The molecule has 5 nitrogen and oxygen atoms in total. The number of ether oxygens (including phenoxy) is 1. The predicted molar refractivity (Wildman–Crippen MR) is 87.5 cm³/mol. The van der Waals surface area contributed by atoms with E-state index in [4.69, 9.17) is 4.74 Å². The van der Waals surface area contributed by atoms with Gasteiger partial charge in [0.05, 0.1) is 13.0 Å². The van der Waals surface area contributed by atoms with Gasteiger partial charge in [0, 0.05) is 10.4 Å². The summed E-state index contributed by atoms with van der Waals surface area (Å²) in [6.45, 7) is 0. The van der Waals surface area contributed by atoms with Gasteiger partial charge in [-0.25, -0.2) is 4.79 Å². The Kier molecular flexibility index (Phi) is 6.25. The van der Waals surface area contributed by atoms with Crippen molar-refractivity contribution >= 4 is 33.8 Å². The van der Waals surface area contributed by atoms with Gasteiger partial charge in [0.25, 0.3) is 0 Å². The third-order valence-electron chi connectivity index (χ3n) is 4.27. The Hall–Kier alpha value is -1.78. The largest absolute Gasteiger partial charge is 0.469 e. The Balaban J connectivity index is 2.30. The van der Waals surface area contributed by atoms with Crippen molar-refractivity contribution in [3.05, 3.63) is 34.3 Å². The molecule has 1 fully saturated rings. The molecule has 0 aromatic heterocycles. The van der Waals surface area contributed by atoms with E-state index in [0.717, 1.165) is 17.3 Å². The first-order valence-electron chi connectivity index (χ1n) is 7.52. The standard InChI is InChI=1S/C17H18BrNO4/c1-23-17(22)14-5-3-2-4-13(14)16(21)15(19-10-20)11-6-8-12(18)9-7-11/h6-9,13-15H,2-5H2,1H3. The van der Waals surface area contributed by atoms with Gasteiger partial charge in [-0.2, -0.15) is 4.99 Å². The van der Waals surface area contributed by atoms with Gasteiger partial charge in [-0.05, 0) is 30.5 Å². The first-order valence-corrected chi connectivity index (χ1v) is 8.31. The lowest BCUT2D eigenvalue weighted by Crippen LogP contribution is -2.35. The van der Waals surface area contributed by atoms with Gasteiger partial charge >= 0.3 is 5.97 Å². The van der Waals surface area contributed by atoms with Gasteiger partial charge in [0.1, 0.15) is 6.04 Å². The first kappa shape index (κ1) is 17.6.